The highest BCUT2D eigenvalue weighted by atomic mass is 35.5. The molecular formula is C18H9Cl2N3O4. The molecule has 9 heteroatoms. The summed E-state index contributed by atoms with van der Waals surface area (Å²) in [4.78, 5) is 24.4. The summed E-state index contributed by atoms with van der Waals surface area (Å²) in [6.45, 7) is 0. The van der Waals surface area contributed by atoms with Gasteiger partial charge in [0.05, 0.1) is 10.6 Å². The number of hydrogen-bond donors (Lipinski definition) is 1. The van der Waals surface area contributed by atoms with E-state index in [0.717, 1.165) is 0 Å². The second-order valence-corrected chi connectivity index (χ2v) is 6.32. The molecule has 4 rings (SSSR count). The number of hydrogen-bond acceptors (Lipinski definition) is 6. The first-order valence-corrected chi connectivity index (χ1v) is 8.40. The minimum Gasteiger partial charge on any atom is -0.422 e. The maximum atomic E-state index is 12.4. The van der Waals surface area contributed by atoms with Crippen LogP contribution in [0.2, 0.25) is 10.0 Å². The van der Waals surface area contributed by atoms with Gasteiger partial charge < -0.3 is 8.83 Å². The second kappa shape index (κ2) is 6.86. The molecule has 2 aromatic heterocycles. The Morgan fingerprint density at radius 3 is 2.67 bits per heavy atom. The smallest absolute Gasteiger partial charge is 0.349 e. The van der Waals surface area contributed by atoms with Gasteiger partial charge in [-0.05, 0) is 30.3 Å². The quantitative estimate of drug-likeness (QED) is 0.510. The van der Waals surface area contributed by atoms with Crippen LogP contribution in [0.4, 0.5) is 6.01 Å². The van der Waals surface area contributed by atoms with Gasteiger partial charge in [0.15, 0.2) is 0 Å². The van der Waals surface area contributed by atoms with Crippen LogP contribution in [0.15, 0.2) is 62.2 Å². The van der Waals surface area contributed by atoms with Gasteiger partial charge in [-0.2, -0.15) is 0 Å². The molecule has 1 amide bonds. The first-order valence-electron chi connectivity index (χ1n) is 7.64. The number of amides is 1. The zero-order valence-electron chi connectivity index (χ0n) is 13.4. The number of anilines is 1. The van der Waals surface area contributed by atoms with Crippen molar-refractivity contribution < 1.29 is 13.6 Å². The summed E-state index contributed by atoms with van der Waals surface area (Å²) in [5, 5.41) is 11.3. The third kappa shape index (κ3) is 3.42. The number of halogens is 2. The Morgan fingerprint density at radius 2 is 1.81 bits per heavy atom. The lowest BCUT2D eigenvalue weighted by atomic mass is 10.2. The van der Waals surface area contributed by atoms with Crippen molar-refractivity contribution in [3.05, 3.63) is 74.6 Å². The Kier molecular flexibility index (Phi) is 4.39. The number of para-hydroxylation sites is 1. The molecule has 0 spiro atoms. The van der Waals surface area contributed by atoms with E-state index < -0.39 is 11.5 Å². The zero-order valence-corrected chi connectivity index (χ0v) is 14.9. The molecule has 0 aliphatic heterocycles. The van der Waals surface area contributed by atoms with Crippen LogP contribution >= 0.6 is 23.2 Å². The second-order valence-electron chi connectivity index (χ2n) is 5.48. The zero-order chi connectivity index (χ0) is 19.0. The SMILES string of the molecule is O=C(Nc1nnc(-c2cc(Cl)ccc2Cl)o1)c1cc2ccccc2oc1=O. The number of fused-ring (bicyclic) bond motifs is 1. The molecule has 4 aromatic rings. The highest BCUT2D eigenvalue weighted by molar-refractivity contribution is 6.35. The van der Waals surface area contributed by atoms with Crippen molar-refractivity contribution >= 4 is 46.1 Å². The monoisotopic (exact) mass is 401 g/mol. The van der Waals surface area contributed by atoms with Crippen LogP contribution < -0.4 is 10.9 Å². The largest absolute Gasteiger partial charge is 0.422 e. The molecule has 27 heavy (non-hydrogen) atoms. The molecule has 0 saturated heterocycles. The minimum atomic E-state index is -0.774. The van der Waals surface area contributed by atoms with Crippen molar-refractivity contribution in [3.63, 3.8) is 0 Å². The van der Waals surface area contributed by atoms with E-state index in [1.54, 1.807) is 42.5 Å². The third-order valence-electron chi connectivity index (χ3n) is 3.69. The number of aromatic nitrogens is 2. The van der Waals surface area contributed by atoms with E-state index in [2.05, 4.69) is 15.5 Å². The fraction of sp³-hybridized carbons (Fsp3) is 0. The van der Waals surface area contributed by atoms with Crippen molar-refractivity contribution in [1.29, 1.82) is 0 Å². The van der Waals surface area contributed by atoms with Crippen molar-refractivity contribution in [2.45, 2.75) is 0 Å². The summed E-state index contributed by atoms with van der Waals surface area (Å²) >= 11 is 12.0. The number of carbonyl (C=O) groups is 1. The molecule has 0 bridgehead atoms. The Bertz CT molecular complexity index is 1230. The van der Waals surface area contributed by atoms with Crippen LogP contribution in [0.5, 0.6) is 0 Å². The summed E-state index contributed by atoms with van der Waals surface area (Å²) in [6.07, 6.45) is 0. The van der Waals surface area contributed by atoms with Gasteiger partial charge in [-0.25, -0.2) is 4.79 Å². The average Bonchev–Trinajstić information content (AvgIpc) is 3.11. The summed E-state index contributed by atoms with van der Waals surface area (Å²) in [7, 11) is 0. The highest BCUT2D eigenvalue weighted by Crippen LogP contribution is 2.30. The topological polar surface area (TPSA) is 98.2 Å². The number of nitrogens with one attached hydrogen (secondary N) is 1. The first kappa shape index (κ1) is 17.3. The predicted octanol–water partition coefficient (Wildman–Crippen LogP) is 4.40. The number of rotatable bonds is 3. The fourth-order valence-corrected chi connectivity index (χ4v) is 2.80. The standard InChI is InChI=1S/C18H9Cl2N3O4/c19-10-5-6-13(20)11(8-10)16-22-23-18(27-16)21-15(24)12-7-9-3-1-2-4-14(9)26-17(12)25/h1-8H,(H,21,23,24). The van der Waals surface area contributed by atoms with Crippen LogP contribution in [0, 0.1) is 0 Å². The molecule has 0 unspecified atom stereocenters. The maximum Gasteiger partial charge on any atom is 0.349 e. The fourth-order valence-electron chi connectivity index (χ4n) is 2.43. The summed E-state index contributed by atoms with van der Waals surface area (Å²) in [5.41, 5.74) is -0.157. The van der Waals surface area contributed by atoms with E-state index in [1.165, 1.54) is 6.07 Å². The lowest BCUT2D eigenvalue weighted by Crippen LogP contribution is -2.20. The van der Waals surface area contributed by atoms with Crippen molar-refractivity contribution in [2.24, 2.45) is 0 Å². The van der Waals surface area contributed by atoms with Crippen LogP contribution in [0.1, 0.15) is 10.4 Å². The van der Waals surface area contributed by atoms with Crippen molar-refractivity contribution in [2.75, 3.05) is 5.32 Å². The van der Waals surface area contributed by atoms with Gasteiger partial charge in [0.25, 0.3) is 11.8 Å². The van der Waals surface area contributed by atoms with E-state index in [9.17, 15) is 9.59 Å². The maximum absolute atomic E-state index is 12.4. The molecule has 0 aliphatic rings. The molecule has 0 fully saturated rings. The summed E-state index contributed by atoms with van der Waals surface area (Å²) in [5.74, 6) is -0.662. The number of benzene rings is 2. The van der Waals surface area contributed by atoms with Crippen LogP contribution in [-0.2, 0) is 0 Å². The molecular weight excluding hydrogens is 393 g/mol. The van der Waals surface area contributed by atoms with Gasteiger partial charge in [0.2, 0.25) is 0 Å². The third-order valence-corrected chi connectivity index (χ3v) is 4.26. The minimum absolute atomic E-state index is 0.0725. The average molecular weight is 402 g/mol. The van der Waals surface area contributed by atoms with E-state index in [-0.39, 0.29) is 17.5 Å². The molecule has 0 saturated carbocycles. The van der Waals surface area contributed by atoms with Gasteiger partial charge in [0, 0.05) is 10.4 Å². The molecule has 0 atom stereocenters. The Morgan fingerprint density at radius 1 is 1.00 bits per heavy atom. The van der Waals surface area contributed by atoms with E-state index in [1.807, 2.05) is 0 Å². The van der Waals surface area contributed by atoms with Crippen LogP contribution in [0.25, 0.3) is 22.4 Å². The Hall–Kier alpha value is -3.16. The van der Waals surface area contributed by atoms with E-state index >= 15 is 0 Å². The van der Waals surface area contributed by atoms with Crippen molar-refractivity contribution in [1.82, 2.24) is 10.2 Å². The lowest BCUT2D eigenvalue weighted by Gasteiger charge is -2.02. The summed E-state index contributed by atoms with van der Waals surface area (Å²) < 4.78 is 10.5. The molecule has 134 valence electrons. The van der Waals surface area contributed by atoms with E-state index in [0.29, 0.717) is 26.6 Å². The van der Waals surface area contributed by atoms with Gasteiger partial charge >= 0.3 is 11.6 Å². The first-order chi connectivity index (χ1) is 13.0. The molecule has 0 aliphatic carbocycles. The molecule has 7 nitrogen and oxygen atoms in total. The number of carbonyl (C=O) groups excluding carboxylic acids is 1. The lowest BCUT2D eigenvalue weighted by molar-refractivity contribution is 0.102. The number of nitrogens with zero attached hydrogens (tertiary/aromatic N) is 2. The molecule has 0 radical (unpaired) electrons. The van der Waals surface area contributed by atoms with Crippen LogP contribution in [0.3, 0.4) is 0 Å². The highest BCUT2D eigenvalue weighted by Gasteiger charge is 2.18. The Balaban J connectivity index is 1.63. The Labute approximate surface area is 161 Å². The van der Waals surface area contributed by atoms with Crippen molar-refractivity contribution in [3.8, 4) is 11.5 Å². The van der Waals surface area contributed by atoms with E-state index in [4.69, 9.17) is 32.0 Å². The normalized spacial score (nSPS) is 10.9. The van der Waals surface area contributed by atoms with Gasteiger partial charge in [-0.3, -0.25) is 10.1 Å². The molecule has 2 aromatic carbocycles. The summed E-state index contributed by atoms with van der Waals surface area (Å²) in [6, 6.07) is 12.8. The van der Waals surface area contributed by atoms with Gasteiger partial charge in [0.1, 0.15) is 11.1 Å². The van der Waals surface area contributed by atoms with Gasteiger partial charge in [-0.1, -0.05) is 46.5 Å². The predicted molar refractivity (Wildman–Crippen MR) is 100 cm³/mol. The van der Waals surface area contributed by atoms with Crippen LogP contribution in [-0.4, -0.2) is 16.1 Å². The molecule has 1 N–H and O–H groups in total. The van der Waals surface area contributed by atoms with Gasteiger partial charge in [-0.15, -0.1) is 5.10 Å². The molecule has 2 heterocycles.